The van der Waals surface area contributed by atoms with Crippen LogP contribution in [0.15, 0.2) is 24.3 Å². The molecule has 112 valence electrons. The first-order valence-electron chi connectivity index (χ1n) is 7.21. The molecule has 1 heterocycles. The van der Waals surface area contributed by atoms with Gasteiger partial charge in [0.1, 0.15) is 18.5 Å². The Bertz CT molecular complexity index is 414. The van der Waals surface area contributed by atoms with Crippen LogP contribution in [0, 0.1) is 0 Å². The summed E-state index contributed by atoms with van der Waals surface area (Å²) < 4.78 is 5.58. The normalized spacial score (nSPS) is 19.5. The molecule has 0 aromatic heterocycles. The van der Waals surface area contributed by atoms with Gasteiger partial charge in [0.15, 0.2) is 0 Å². The Labute approximate surface area is 120 Å². The smallest absolute Gasteiger partial charge is 0.142 e. The zero-order chi connectivity index (χ0) is 14.4. The summed E-state index contributed by atoms with van der Waals surface area (Å²) in [7, 11) is 2.14. The van der Waals surface area contributed by atoms with Gasteiger partial charge in [-0.3, -0.25) is 4.90 Å². The number of para-hydroxylation sites is 2. The zero-order valence-corrected chi connectivity index (χ0v) is 12.2. The first-order chi connectivity index (χ1) is 9.65. The predicted octanol–water partition coefficient (Wildman–Crippen LogP) is 0.646. The number of hydrogen-bond donors (Lipinski definition) is 2. The van der Waals surface area contributed by atoms with E-state index < -0.39 is 6.10 Å². The van der Waals surface area contributed by atoms with E-state index in [2.05, 4.69) is 16.8 Å². The summed E-state index contributed by atoms with van der Waals surface area (Å²) in [5.41, 5.74) is 6.41. The summed E-state index contributed by atoms with van der Waals surface area (Å²) in [5.74, 6) is 0.641. The molecule has 0 aliphatic carbocycles. The maximum absolute atomic E-state index is 10.1. The molecule has 1 aromatic carbocycles. The molecule has 0 spiro atoms. The van der Waals surface area contributed by atoms with Crippen LogP contribution in [0.25, 0.3) is 0 Å². The maximum Gasteiger partial charge on any atom is 0.142 e. The van der Waals surface area contributed by atoms with Crippen LogP contribution in [0.2, 0.25) is 0 Å². The Morgan fingerprint density at radius 2 is 2.05 bits per heavy atom. The van der Waals surface area contributed by atoms with E-state index in [1.54, 1.807) is 6.07 Å². The van der Waals surface area contributed by atoms with Crippen molar-refractivity contribution in [2.75, 3.05) is 52.1 Å². The molecule has 1 unspecified atom stereocenters. The van der Waals surface area contributed by atoms with Crippen molar-refractivity contribution in [1.82, 2.24) is 9.80 Å². The Kier molecular flexibility index (Phi) is 5.64. The van der Waals surface area contributed by atoms with Crippen LogP contribution in [0.3, 0.4) is 0 Å². The number of hydrogen-bond acceptors (Lipinski definition) is 5. The number of aliphatic hydroxyl groups excluding tert-OH is 1. The van der Waals surface area contributed by atoms with E-state index in [0.29, 0.717) is 18.0 Å². The van der Waals surface area contributed by atoms with Gasteiger partial charge in [0.2, 0.25) is 0 Å². The van der Waals surface area contributed by atoms with Gasteiger partial charge < -0.3 is 20.5 Å². The summed E-state index contributed by atoms with van der Waals surface area (Å²) in [5, 5.41) is 10.1. The minimum atomic E-state index is -0.488. The molecule has 1 aliphatic rings. The number of rotatable bonds is 5. The number of ether oxygens (including phenoxy) is 1. The van der Waals surface area contributed by atoms with E-state index >= 15 is 0 Å². The van der Waals surface area contributed by atoms with Crippen molar-refractivity contribution in [3.05, 3.63) is 24.3 Å². The standard InChI is InChI=1S/C15H25N3O2/c1-17-7-4-8-18(10-9-17)11-13(19)12-20-15-6-3-2-5-14(15)16/h2-3,5-6,13,19H,4,7-12,16H2,1H3. The minimum Gasteiger partial charge on any atom is -0.489 e. The van der Waals surface area contributed by atoms with Crippen LogP contribution in [0.1, 0.15) is 6.42 Å². The largest absolute Gasteiger partial charge is 0.489 e. The van der Waals surface area contributed by atoms with Gasteiger partial charge in [0, 0.05) is 19.6 Å². The van der Waals surface area contributed by atoms with Crippen LogP contribution >= 0.6 is 0 Å². The molecule has 1 aliphatic heterocycles. The molecule has 5 heteroatoms. The molecule has 3 N–H and O–H groups in total. The summed E-state index contributed by atoms with van der Waals surface area (Å²) in [6.07, 6.45) is 0.661. The number of benzene rings is 1. The Morgan fingerprint density at radius 1 is 1.25 bits per heavy atom. The fraction of sp³-hybridized carbons (Fsp3) is 0.600. The third-order valence-corrected chi connectivity index (χ3v) is 3.63. The highest BCUT2D eigenvalue weighted by molar-refractivity contribution is 5.51. The second-order valence-electron chi connectivity index (χ2n) is 5.46. The van der Waals surface area contributed by atoms with Gasteiger partial charge in [-0.2, -0.15) is 0 Å². The first kappa shape index (κ1) is 15.1. The monoisotopic (exact) mass is 279 g/mol. The van der Waals surface area contributed by atoms with E-state index in [-0.39, 0.29) is 6.61 Å². The highest BCUT2D eigenvalue weighted by atomic mass is 16.5. The van der Waals surface area contributed by atoms with Crippen LogP contribution in [-0.4, -0.2) is 67.4 Å². The summed E-state index contributed by atoms with van der Waals surface area (Å²) in [4.78, 5) is 4.62. The summed E-state index contributed by atoms with van der Waals surface area (Å²) >= 11 is 0. The molecule has 1 saturated heterocycles. The third-order valence-electron chi connectivity index (χ3n) is 3.63. The molecule has 1 aromatic rings. The molecule has 1 atom stereocenters. The van der Waals surface area contributed by atoms with Gasteiger partial charge in [0.05, 0.1) is 5.69 Å². The highest BCUT2D eigenvalue weighted by Crippen LogP contribution is 2.19. The van der Waals surface area contributed by atoms with Crippen molar-refractivity contribution in [3.8, 4) is 5.75 Å². The number of nitrogens with zero attached hydrogens (tertiary/aromatic N) is 2. The van der Waals surface area contributed by atoms with E-state index in [0.717, 1.165) is 32.6 Å². The van der Waals surface area contributed by atoms with Crippen LogP contribution in [-0.2, 0) is 0 Å². The average Bonchev–Trinajstić information content (AvgIpc) is 2.63. The number of nitrogen functional groups attached to an aromatic ring is 1. The average molecular weight is 279 g/mol. The van der Waals surface area contributed by atoms with Crippen molar-refractivity contribution in [2.45, 2.75) is 12.5 Å². The summed E-state index contributed by atoms with van der Waals surface area (Å²) in [6.45, 7) is 5.15. The Hall–Kier alpha value is -1.30. The lowest BCUT2D eigenvalue weighted by Gasteiger charge is -2.23. The SMILES string of the molecule is CN1CCCN(CC(O)COc2ccccc2N)CC1. The topological polar surface area (TPSA) is 62.0 Å². The number of β-amino-alcohol motifs (C(OH)–C–C–N with tert-alkyl or cyclic N) is 1. The lowest BCUT2D eigenvalue weighted by Crippen LogP contribution is -2.37. The van der Waals surface area contributed by atoms with E-state index in [1.165, 1.54) is 0 Å². The van der Waals surface area contributed by atoms with E-state index in [1.807, 2.05) is 18.2 Å². The lowest BCUT2D eigenvalue weighted by molar-refractivity contribution is 0.0699. The molecule has 0 bridgehead atoms. The second-order valence-corrected chi connectivity index (χ2v) is 5.46. The first-order valence-corrected chi connectivity index (χ1v) is 7.21. The molecular weight excluding hydrogens is 254 g/mol. The quantitative estimate of drug-likeness (QED) is 0.775. The van der Waals surface area contributed by atoms with Crippen molar-refractivity contribution in [2.24, 2.45) is 0 Å². The molecule has 20 heavy (non-hydrogen) atoms. The fourth-order valence-electron chi connectivity index (χ4n) is 2.43. The van der Waals surface area contributed by atoms with Crippen molar-refractivity contribution >= 4 is 5.69 Å². The van der Waals surface area contributed by atoms with Crippen molar-refractivity contribution in [3.63, 3.8) is 0 Å². The molecule has 1 fully saturated rings. The van der Waals surface area contributed by atoms with Crippen LogP contribution in [0.4, 0.5) is 5.69 Å². The van der Waals surface area contributed by atoms with Crippen LogP contribution < -0.4 is 10.5 Å². The number of nitrogens with two attached hydrogens (primary N) is 1. The maximum atomic E-state index is 10.1. The van der Waals surface area contributed by atoms with Gasteiger partial charge in [-0.1, -0.05) is 12.1 Å². The number of aliphatic hydroxyl groups is 1. The van der Waals surface area contributed by atoms with Gasteiger partial charge >= 0.3 is 0 Å². The Balaban J connectivity index is 1.75. The van der Waals surface area contributed by atoms with Gasteiger partial charge in [-0.05, 0) is 38.7 Å². The highest BCUT2D eigenvalue weighted by Gasteiger charge is 2.16. The van der Waals surface area contributed by atoms with Crippen molar-refractivity contribution in [1.29, 1.82) is 0 Å². The molecule has 0 radical (unpaired) electrons. The van der Waals surface area contributed by atoms with Gasteiger partial charge in [-0.25, -0.2) is 0 Å². The Morgan fingerprint density at radius 3 is 2.85 bits per heavy atom. The lowest BCUT2D eigenvalue weighted by atomic mass is 10.3. The minimum absolute atomic E-state index is 0.278. The molecule has 2 rings (SSSR count). The molecule has 0 saturated carbocycles. The van der Waals surface area contributed by atoms with Gasteiger partial charge in [-0.15, -0.1) is 0 Å². The third kappa shape index (κ3) is 4.67. The number of likely N-dealkylation sites (N-methyl/N-ethyl adjacent to an activating group) is 1. The van der Waals surface area contributed by atoms with Crippen molar-refractivity contribution < 1.29 is 9.84 Å². The van der Waals surface area contributed by atoms with E-state index in [9.17, 15) is 5.11 Å². The zero-order valence-electron chi connectivity index (χ0n) is 12.2. The van der Waals surface area contributed by atoms with Crippen LogP contribution in [0.5, 0.6) is 5.75 Å². The molecule has 0 amide bonds. The molecule has 5 nitrogen and oxygen atoms in total. The predicted molar refractivity (Wildman–Crippen MR) is 80.9 cm³/mol. The van der Waals surface area contributed by atoms with Gasteiger partial charge in [0.25, 0.3) is 0 Å². The summed E-state index contributed by atoms with van der Waals surface area (Å²) in [6, 6.07) is 7.37. The number of anilines is 1. The fourth-order valence-corrected chi connectivity index (χ4v) is 2.43. The second kappa shape index (κ2) is 7.47. The van der Waals surface area contributed by atoms with E-state index in [4.69, 9.17) is 10.5 Å². The molecular formula is C15H25N3O2.